The molecular weight excluding hydrogens is 395 g/mol. The average molecular weight is 414 g/mol. The minimum absolute atomic E-state index is 0.0149. The second-order valence-electron chi connectivity index (χ2n) is 6.52. The highest BCUT2D eigenvalue weighted by Gasteiger charge is 2.16. The van der Waals surface area contributed by atoms with Crippen molar-refractivity contribution in [1.29, 1.82) is 0 Å². The van der Waals surface area contributed by atoms with E-state index in [0.29, 0.717) is 24.6 Å². The van der Waals surface area contributed by atoms with Crippen LogP contribution in [0.25, 0.3) is 11.3 Å². The summed E-state index contributed by atoms with van der Waals surface area (Å²) in [5.74, 6) is 0.287. The number of morpholine rings is 1. The predicted molar refractivity (Wildman–Crippen MR) is 108 cm³/mol. The van der Waals surface area contributed by atoms with Crippen molar-refractivity contribution in [2.24, 2.45) is 0 Å². The van der Waals surface area contributed by atoms with Crippen LogP contribution in [0.5, 0.6) is 0 Å². The lowest BCUT2D eigenvalue weighted by atomic mass is 10.1. The molecule has 3 aromatic rings. The lowest BCUT2D eigenvalue weighted by molar-refractivity contribution is 0.122. The number of sulfonamides is 1. The number of aromatic nitrogens is 2. The summed E-state index contributed by atoms with van der Waals surface area (Å²) >= 11 is 0. The van der Waals surface area contributed by atoms with Gasteiger partial charge < -0.3 is 9.64 Å². The van der Waals surface area contributed by atoms with Gasteiger partial charge in [0.1, 0.15) is 5.82 Å². The Balaban J connectivity index is 1.53. The highest BCUT2D eigenvalue weighted by Crippen LogP contribution is 2.24. The van der Waals surface area contributed by atoms with Gasteiger partial charge in [0.05, 0.1) is 23.8 Å². The number of benzene rings is 2. The Morgan fingerprint density at radius 1 is 0.966 bits per heavy atom. The molecule has 0 spiro atoms. The lowest BCUT2D eigenvalue weighted by Crippen LogP contribution is -2.36. The smallest absolute Gasteiger partial charge is 0.261 e. The Kier molecular flexibility index (Phi) is 5.41. The summed E-state index contributed by atoms with van der Waals surface area (Å²) in [4.78, 5) is 2.09. The van der Waals surface area contributed by atoms with Crippen molar-refractivity contribution in [1.82, 2.24) is 10.2 Å². The molecule has 1 aliphatic rings. The van der Waals surface area contributed by atoms with E-state index in [-0.39, 0.29) is 4.90 Å². The van der Waals surface area contributed by atoms with Crippen LogP contribution >= 0.6 is 0 Å². The zero-order valence-corrected chi connectivity index (χ0v) is 16.3. The predicted octanol–water partition coefficient (Wildman–Crippen LogP) is 2.92. The van der Waals surface area contributed by atoms with Crippen molar-refractivity contribution < 1.29 is 17.5 Å². The molecule has 0 amide bonds. The molecule has 2 aromatic carbocycles. The van der Waals surface area contributed by atoms with E-state index in [9.17, 15) is 12.8 Å². The van der Waals surface area contributed by atoms with E-state index in [1.54, 1.807) is 18.2 Å². The van der Waals surface area contributed by atoms with Crippen LogP contribution in [-0.4, -0.2) is 44.9 Å². The largest absolute Gasteiger partial charge is 0.378 e. The van der Waals surface area contributed by atoms with Crippen molar-refractivity contribution in [3.8, 4) is 11.3 Å². The van der Waals surface area contributed by atoms with Gasteiger partial charge in [-0.2, -0.15) is 0 Å². The van der Waals surface area contributed by atoms with Gasteiger partial charge in [-0.05, 0) is 48.5 Å². The third kappa shape index (κ3) is 4.52. The highest BCUT2D eigenvalue weighted by molar-refractivity contribution is 7.92. The minimum atomic E-state index is -3.82. The molecule has 4 rings (SSSR count). The molecule has 29 heavy (non-hydrogen) atoms. The molecule has 2 heterocycles. The summed E-state index contributed by atoms with van der Waals surface area (Å²) < 4.78 is 45.9. The maximum Gasteiger partial charge on any atom is 0.261 e. The molecular formula is C20H19FN4O3S. The topological polar surface area (TPSA) is 84.4 Å². The molecule has 0 bridgehead atoms. The van der Waals surface area contributed by atoms with Gasteiger partial charge >= 0.3 is 0 Å². The fourth-order valence-electron chi connectivity index (χ4n) is 3.01. The first-order chi connectivity index (χ1) is 14.0. The van der Waals surface area contributed by atoms with Crippen LogP contribution in [0.4, 0.5) is 15.9 Å². The van der Waals surface area contributed by atoms with Crippen LogP contribution in [0, 0.1) is 5.82 Å². The first-order valence-electron chi connectivity index (χ1n) is 9.06. The Bertz CT molecular complexity index is 1080. The van der Waals surface area contributed by atoms with E-state index in [4.69, 9.17) is 4.74 Å². The van der Waals surface area contributed by atoms with Gasteiger partial charge in [0.25, 0.3) is 10.0 Å². The molecule has 1 N–H and O–H groups in total. The Labute approximate surface area is 168 Å². The monoisotopic (exact) mass is 414 g/mol. The van der Waals surface area contributed by atoms with Crippen LogP contribution < -0.4 is 9.62 Å². The van der Waals surface area contributed by atoms with Crippen LogP contribution in [0.1, 0.15) is 0 Å². The van der Waals surface area contributed by atoms with Gasteiger partial charge in [-0.15, -0.1) is 10.2 Å². The van der Waals surface area contributed by atoms with Crippen LogP contribution in [-0.2, 0) is 14.8 Å². The van der Waals surface area contributed by atoms with Crippen molar-refractivity contribution in [3.63, 3.8) is 0 Å². The molecule has 1 saturated heterocycles. The molecule has 7 nitrogen and oxygen atoms in total. The summed E-state index contributed by atoms with van der Waals surface area (Å²) in [7, 11) is -3.82. The summed E-state index contributed by atoms with van der Waals surface area (Å²) in [6, 6.07) is 15.3. The number of nitrogens with one attached hydrogen (secondary N) is 1. The Morgan fingerprint density at radius 2 is 1.72 bits per heavy atom. The van der Waals surface area contributed by atoms with Gasteiger partial charge in [-0.25, -0.2) is 12.8 Å². The zero-order chi connectivity index (χ0) is 20.3. The molecule has 150 valence electrons. The summed E-state index contributed by atoms with van der Waals surface area (Å²) in [5.41, 5.74) is 1.74. The third-order valence-corrected chi connectivity index (χ3v) is 5.92. The Hall–Kier alpha value is -3.04. The summed E-state index contributed by atoms with van der Waals surface area (Å²) in [6.07, 6.45) is 0. The molecule has 0 saturated carbocycles. The summed E-state index contributed by atoms with van der Waals surface area (Å²) in [6.45, 7) is 2.88. The third-order valence-electron chi connectivity index (χ3n) is 4.52. The number of hydrogen-bond acceptors (Lipinski definition) is 6. The van der Waals surface area contributed by atoms with E-state index in [2.05, 4.69) is 19.8 Å². The molecule has 1 aromatic heterocycles. The van der Waals surface area contributed by atoms with E-state index in [1.165, 1.54) is 12.1 Å². The number of anilines is 2. The van der Waals surface area contributed by atoms with E-state index >= 15 is 0 Å². The quantitative estimate of drug-likeness (QED) is 0.691. The van der Waals surface area contributed by atoms with E-state index in [1.807, 2.05) is 18.2 Å². The number of halogens is 1. The van der Waals surface area contributed by atoms with Gasteiger partial charge in [0.2, 0.25) is 0 Å². The summed E-state index contributed by atoms with van der Waals surface area (Å²) in [5, 5.41) is 8.56. The van der Waals surface area contributed by atoms with Crippen molar-refractivity contribution in [2.45, 2.75) is 4.90 Å². The minimum Gasteiger partial charge on any atom is -0.378 e. The molecule has 0 aliphatic carbocycles. The first kappa shape index (κ1) is 19.3. The second-order valence-corrected chi connectivity index (χ2v) is 8.20. The molecule has 1 aliphatic heterocycles. The molecule has 1 fully saturated rings. The van der Waals surface area contributed by atoms with Gasteiger partial charge in [-0.3, -0.25) is 4.72 Å². The molecule has 0 atom stereocenters. The maximum absolute atomic E-state index is 13.1. The number of rotatable bonds is 5. The number of hydrogen-bond donors (Lipinski definition) is 1. The van der Waals surface area contributed by atoms with Gasteiger partial charge in [-0.1, -0.05) is 12.1 Å². The molecule has 0 unspecified atom stereocenters. The lowest BCUT2D eigenvalue weighted by Gasteiger charge is -2.27. The standard InChI is InChI=1S/C20H19FN4O3S/c21-16-4-6-18(7-5-16)29(26,27)24-17-3-1-2-15(14-17)19-8-9-20(23-22-19)25-10-12-28-13-11-25/h1-9,14,24H,10-13H2. The Morgan fingerprint density at radius 3 is 2.41 bits per heavy atom. The van der Waals surface area contributed by atoms with Gasteiger partial charge in [0, 0.05) is 24.3 Å². The fraction of sp³-hybridized carbons (Fsp3) is 0.200. The zero-order valence-electron chi connectivity index (χ0n) is 15.5. The fourth-order valence-corrected chi connectivity index (χ4v) is 4.06. The van der Waals surface area contributed by atoms with Crippen molar-refractivity contribution >= 4 is 21.5 Å². The first-order valence-corrected chi connectivity index (χ1v) is 10.5. The second kappa shape index (κ2) is 8.14. The van der Waals surface area contributed by atoms with E-state index < -0.39 is 15.8 Å². The number of ether oxygens (including phenoxy) is 1. The van der Waals surface area contributed by atoms with Crippen LogP contribution in [0.3, 0.4) is 0 Å². The molecule has 9 heteroatoms. The highest BCUT2D eigenvalue weighted by atomic mass is 32.2. The van der Waals surface area contributed by atoms with Gasteiger partial charge in [0.15, 0.2) is 5.82 Å². The van der Waals surface area contributed by atoms with Crippen LogP contribution in [0.15, 0.2) is 65.6 Å². The van der Waals surface area contributed by atoms with E-state index in [0.717, 1.165) is 36.6 Å². The normalized spacial score (nSPS) is 14.6. The SMILES string of the molecule is O=S(=O)(Nc1cccc(-c2ccc(N3CCOCC3)nn2)c1)c1ccc(F)cc1. The van der Waals surface area contributed by atoms with Crippen LogP contribution in [0.2, 0.25) is 0 Å². The molecule has 0 radical (unpaired) electrons. The van der Waals surface area contributed by atoms with Crippen molar-refractivity contribution in [3.05, 3.63) is 66.5 Å². The number of nitrogens with zero attached hydrogens (tertiary/aromatic N) is 3. The van der Waals surface area contributed by atoms with Crippen molar-refractivity contribution in [2.75, 3.05) is 35.9 Å². The maximum atomic E-state index is 13.1. The average Bonchev–Trinajstić information content (AvgIpc) is 2.75.